The molecule has 12 aromatic rings. The maximum Gasteiger partial charge on any atom is 0.333 e. The molecule has 0 amide bonds. The average molecular weight is 815 g/mol. The Morgan fingerprint density at radius 2 is 1.05 bits per heavy atom. The molecule has 4 aromatic heterocycles. The summed E-state index contributed by atoms with van der Waals surface area (Å²) in [4.78, 5) is 2.62. The minimum Gasteiger partial charge on any atom is -0.456 e. The second-order valence-electron chi connectivity index (χ2n) is 20.2. The van der Waals surface area contributed by atoms with Gasteiger partial charge in [0.2, 0.25) is 0 Å². The van der Waals surface area contributed by atoms with Crippen LogP contribution in [0.5, 0.6) is 0 Å². The van der Waals surface area contributed by atoms with E-state index in [0.717, 1.165) is 82.7 Å². The molecule has 2 aliphatic rings. The summed E-state index contributed by atoms with van der Waals surface area (Å²) in [6.45, 7) is 15.8. The molecule has 6 heteroatoms. The molecular formula is C57H43BN2O3. The van der Waals surface area contributed by atoms with Gasteiger partial charge in [0.15, 0.2) is 0 Å². The van der Waals surface area contributed by atoms with Crippen LogP contribution < -0.4 is 15.7 Å². The van der Waals surface area contributed by atoms with Crippen LogP contribution in [0.4, 0.5) is 11.4 Å². The Kier molecular flexibility index (Phi) is 6.54. The quantitative estimate of drug-likeness (QED) is 0.155. The van der Waals surface area contributed by atoms with Gasteiger partial charge in [0.1, 0.15) is 33.5 Å². The Labute approximate surface area is 364 Å². The molecule has 0 fully saturated rings. The standard InChI is InChI=1S/C57H43BN2O3/c1-30-22-41-36-27-50-40(37-23-32(57(5,6)7)18-21-49(37)63-50)26-45(36)60(33-19-16-31(17-20-33)56(2,3)4)58-43-24-38-34-12-8-10-14-47(34)62-52(38)29-46(43)59-44-25-39-35-13-9-11-15-48(35)61-51(39)28-42(44)53(30)55(59)54(41)58/h8-29H,1-7H3. The van der Waals surface area contributed by atoms with E-state index in [9.17, 15) is 0 Å². The summed E-state index contributed by atoms with van der Waals surface area (Å²) in [5.41, 5.74) is 20.0. The van der Waals surface area contributed by atoms with E-state index in [2.05, 4.69) is 185 Å². The molecule has 0 atom stereocenters. The third kappa shape index (κ3) is 4.63. The number of aromatic nitrogens is 1. The molecule has 0 unspecified atom stereocenters. The van der Waals surface area contributed by atoms with E-state index in [1.807, 2.05) is 6.07 Å². The minimum atomic E-state index is -0.162. The molecule has 302 valence electrons. The van der Waals surface area contributed by atoms with Crippen LogP contribution in [-0.2, 0) is 10.8 Å². The van der Waals surface area contributed by atoms with Crippen LogP contribution in [0, 0.1) is 6.92 Å². The smallest absolute Gasteiger partial charge is 0.333 e. The summed E-state index contributed by atoms with van der Waals surface area (Å²) in [5, 5.41) is 9.19. The fourth-order valence-corrected chi connectivity index (χ4v) is 11.3. The molecular weight excluding hydrogens is 771 g/mol. The lowest BCUT2D eigenvalue weighted by molar-refractivity contribution is 0.590. The zero-order valence-electron chi connectivity index (χ0n) is 36.4. The van der Waals surface area contributed by atoms with E-state index < -0.39 is 0 Å². The lowest BCUT2D eigenvalue weighted by atomic mass is 9.43. The number of anilines is 2. The van der Waals surface area contributed by atoms with Crippen LogP contribution in [0.1, 0.15) is 58.2 Å². The van der Waals surface area contributed by atoms with Gasteiger partial charge in [0, 0.05) is 71.8 Å². The van der Waals surface area contributed by atoms with Gasteiger partial charge in [0.25, 0.3) is 0 Å². The first kappa shape index (κ1) is 35.4. The van der Waals surface area contributed by atoms with Gasteiger partial charge in [-0.25, -0.2) is 0 Å². The van der Waals surface area contributed by atoms with Crippen molar-refractivity contribution >= 4 is 117 Å². The zero-order valence-corrected chi connectivity index (χ0v) is 36.4. The van der Waals surface area contributed by atoms with Crippen molar-refractivity contribution in [3.63, 3.8) is 0 Å². The summed E-state index contributed by atoms with van der Waals surface area (Å²) >= 11 is 0. The first-order valence-electron chi connectivity index (χ1n) is 22.2. The molecule has 2 aliphatic heterocycles. The SMILES string of the molecule is Cc1cc2c3c4c1c1cc5oc6ccccc6c5cc1n4-c1cc4oc5ccccc5c4cc1B3N(c1ccc(C(C)(C)C)cc1)c1cc3c(cc1-2)oc1ccc(C(C)(C)C)cc13. The molecule has 63 heavy (non-hydrogen) atoms. The number of benzene rings is 8. The average Bonchev–Trinajstić information content (AvgIpc) is 4.02. The van der Waals surface area contributed by atoms with Gasteiger partial charge in [-0.15, -0.1) is 0 Å². The Balaban J connectivity index is 1.17. The van der Waals surface area contributed by atoms with E-state index in [-0.39, 0.29) is 17.7 Å². The number of fused-ring (bicyclic) bond motifs is 17. The number of aryl methyl sites for hydroxylation is 1. The van der Waals surface area contributed by atoms with Gasteiger partial charge in [-0.1, -0.05) is 108 Å². The highest BCUT2D eigenvalue weighted by Crippen LogP contribution is 2.50. The van der Waals surface area contributed by atoms with Gasteiger partial charge in [-0.2, -0.15) is 0 Å². The van der Waals surface area contributed by atoms with Gasteiger partial charge in [0.05, 0.1) is 11.0 Å². The Morgan fingerprint density at radius 3 is 1.75 bits per heavy atom. The monoisotopic (exact) mass is 814 g/mol. The summed E-state index contributed by atoms with van der Waals surface area (Å²) < 4.78 is 22.6. The fourth-order valence-electron chi connectivity index (χ4n) is 11.3. The van der Waals surface area contributed by atoms with Crippen LogP contribution in [0.25, 0.3) is 104 Å². The largest absolute Gasteiger partial charge is 0.456 e. The molecule has 0 radical (unpaired) electrons. The van der Waals surface area contributed by atoms with Crippen molar-refractivity contribution in [1.29, 1.82) is 0 Å². The van der Waals surface area contributed by atoms with E-state index >= 15 is 0 Å². The second-order valence-corrected chi connectivity index (χ2v) is 20.2. The molecule has 6 heterocycles. The van der Waals surface area contributed by atoms with Crippen LogP contribution in [0.15, 0.2) is 147 Å². The number of nitrogens with zero attached hydrogens (tertiary/aromatic N) is 2. The molecule has 0 saturated heterocycles. The Morgan fingerprint density at radius 1 is 0.460 bits per heavy atom. The van der Waals surface area contributed by atoms with E-state index in [0.29, 0.717) is 0 Å². The summed E-state index contributed by atoms with van der Waals surface area (Å²) in [6, 6.07) is 49.4. The summed E-state index contributed by atoms with van der Waals surface area (Å²) in [5.74, 6) is 0. The number of furan rings is 3. The lowest BCUT2D eigenvalue weighted by Crippen LogP contribution is -2.60. The lowest BCUT2D eigenvalue weighted by Gasteiger charge is -2.42. The normalized spacial score (nSPS) is 13.9. The number of hydrogen-bond acceptors (Lipinski definition) is 4. The van der Waals surface area contributed by atoms with Crippen LogP contribution in [0.3, 0.4) is 0 Å². The van der Waals surface area contributed by atoms with Gasteiger partial charge in [-0.05, 0) is 112 Å². The topological polar surface area (TPSA) is 47.6 Å². The van der Waals surface area contributed by atoms with Crippen molar-refractivity contribution < 1.29 is 13.3 Å². The van der Waals surface area contributed by atoms with Crippen LogP contribution >= 0.6 is 0 Å². The van der Waals surface area contributed by atoms with Crippen molar-refractivity contribution in [1.82, 2.24) is 4.57 Å². The second kappa shape index (κ2) is 11.6. The summed E-state index contributed by atoms with van der Waals surface area (Å²) in [6.07, 6.45) is 0. The predicted molar refractivity (Wildman–Crippen MR) is 264 cm³/mol. The van der Waals surface area contributed by atoms with Gasteiger partial charge < -0.3 is 22.6 Å². The van der Waals surface area contributed by atoms with Crippen molar-refractivity contribution in [2.45, 2.75) is 59.3 Å². The molecule has 0 spiro atoms. The first-order chi connectivity index (χ1) is 30.4. The molecule has 0 N–H and O–H groups in total. The highest BCUT2D eigenvalue weighted by molar-refractivity contribution is 6.94. The van der Waals surface area contributed by atoms with Crippen LogP contribution in [0.2, 0.25) is 0 Å². The van der Waals surface area contributed by atoms with Gasteiger partial charge >= 0.3 is 6.85 Å². The number of para-hydroxylation sites is 2. The van der Waals surface area contributed by atoms with Crippen molar-refractivity contribution in [3.8, 4) is 16.8 Å². The fraction of sp³-hybridized carbons (Fsp3) is 0.158. The number of rotatable bonds is 1. The maximum absolute atomic E-state index is 6.79. The maximum atomic E-state index is 6.79. The zero-order chi connectivity index (χ0) is 42.4. The predicted octanol–water partition coefficient (Wildman–Crippen LogP) is 14.6. The molecule has 14 rings (SSSR count). The van der Waals surface area contributed by atoms with Crippen molar-refractivity contribution in [3.05, 3.63) is 150 Å². The van der Waals surface area contributed by atoms with E-state index in [4.69, 9.17) is 13.3 Å². The molecule has 0 bridgehead atoms. The highest BCUT2D eigenvalue weighted by atomic mass is 16.3. The Bertz CT molecular complexity index is 4010. The molecule has 8 aromatic carbocycles. The van der Waals surface area contributed by atoms with E-state index in [1.54, 1.807) is 0 Å². The van der Waals surface area contributed by atoms with Crippen LogP contribution in [-0.4, -0.2) is 11.4 Å². The third-order valence-electron chi connectivity index (χ3n) is 14.4. The minimum absolute atomic E-state index is 0.00280. The third-order valence-corrected chi connectivity index (χ3v) is 14.4. The molecule has 5 nitrogen and oxygen atoms in total. The Hall–Kier alpha value is -7.18. The molecule has 0 aliphatic carbocycles. The van der Waals surface area contributed by atoms with Crippen molar-refractivity contribution in [2.24, 2.45) is 0 Å². The van der Waals surface area contributed by atoms with E-state index in [1.165, 1.54) is 60.7 Å². The number of hydrogen-bond donors (Lipinski definition) is 0. The van der Waals surface area contributed by atoms with Gasteiger partial charge in [-0.3, -0.25) is 0 Å². The summed E-state index contributed by atoms with van der Waals surface area (Å²) in [7, 11) is 0. The highest BCUT2D eigenvalue weighted by Gasteiger charge is 2.45. The first-order valence-corrected chi connectivity index (χ1v) is 22.2. The molecule has 0 saturated carbocycles. The van der Waals surface area contributed by atoms with Crippen molar-refractivity contribution in [2.75, 3.05) is 4.81 Å².